The highest BCUT2D eigenvalue weighted by Crippen LogP contribution is 2.32. The zero-order valence-electron chi connectivity index (χ0n) is 12.9. The van der Waals surface area contributed by atoms with Gasteiger partial charge in [0.2, 0.25) is 11.6 Å². The van der Waals surface area contributed by atoms with Crippen molar-refractivity contribution in [3.8, 4) is 0 Å². The van der Waals surface area contributed by atoms with Crippen LogP contribution in [0.15, 0.2) is 31.8 Å². The zero-order chi connectivity index (χ0) is 21.9. The molecular weight excluding hydrogens is 576 g/mol. The van der Waals surface area contributed by atoms with Crippen molar-refractivity contribution in [1.82, 2.24) is 0 Å². The molecule has 0 spiro atoms. The third-order valence-corrected chi connectivity index (χ3v) is 5.99. The fourth-order valence-electron chi connectivity index (χ4n) is 1.40. The molecule has 0 fully saturated rings. The van der Waals surface area contributed by atoms with E-state index in [4.69, 9.17) is 0 Å². The third kappa shape index (κ3) is 6.07. The van der Waals surface area contributed by atoms with Gasteiger partial charge in [-0.3, -0.25) is 9.59 Å². The summed E-state index contributed by atoms with van der Waals surface area (Å²) in [6, 6.07) is 4.85. The monoisotopic (exact) mass is 580 g/mol. The van der Waals surface area contributed by atoms with Crippen molar-refractivity contribution in [1.29, 1.82) is 0 Å². The van der Waals surface area contributed by atoms with Crippen LogP contribution in [0.4, 0.5) is 35.1 Å². The van der Waals surface area contributed by atoms with E-state index in [2.05, 4.69) is 31.9 Å². The second kappa shape index (κ2) is 9.76. The fourth-order valence-corrected chi connectivity index (χ4v) is 4.13. The summed E-state index contributed by atoms with van der Waals surface area (Å²) in [5, 5.41) is 0. The molecule has 0 unspecified atom stereocenters. The van der Waals surface area contributed by atoms with Crippen molar-refractivity contribution in [2.45, 2.75) is 24.7 Å². The average molecular weight is 582 g/mol. The lowest BCUT2D eigenvalue weighted by atomic mass is 10.2. The molecule has 0 amide bonds. The standard InChI is InChI=1S/2C7H3BrF4OS/c2*8-4-2-1-3(14-4)5(13)7(11,12)6(9)10/h2*1-2,6H. The summed E-state index contributed by atoms with van der Waals surface area (Å²) in [5.74, 6) is -12.9. The highest BCUT2D eigenvalue weighted by atomic mass is 79.9. The van der Waals surface area contributed by atoms with Crippen LogP contribution in [-0.4, -0.2) is 36.3 Å². The molecule has 0 aliphatic heterocycles. The molecule has 14 heteroatoms. The smallest absolute Gasteiger partial charge is 0.286 e. The second-order valence-electron chi connectivity index (χ2n) is 4.71. The molecule has 0 radical (unpaired) electrons. The predicted octanol–water partition coefficient (Wildman–Crippen LogP) is 7.19. The van der Waals surface area contributed by atoms with Crippen LogP contribution in [0.2, 0.25) is 0 Å². The molecule has 0 atom stereocenters. The molecule has 0 aliphatic carbocycles. The van der Waals surface area contributed by atoms with E-state index in [1.54, 1.807) is 0 Å². The normalized spacial score (nSPS) is 12.1. The van der Waals surface area contributed by atoms with Crippen LogP contribution in [0, 0.1) is 0 Å². The van der Waals surface area contributed by atoms with Crippen molar-refractivity contribution in [3.05, 3.63) is 41.6 Å². The van der Waals surface area contributed by atoms with E-state index in [0.717, 1.165) is 12.1 Å². The highest BCUT2D eigenvalue weighted by molar-refractivity contribution is 9.11. The summed E-state index contributed by atoms with van der Waals surface area (Å²) in [6.07, 6.45) is -7.95. The molecule has 2 aromatic heterocycles. The Balaban J connectivity index is 0.000000280. The number of carbonyl (C=O) groups is 2. The summed E-state index contributed by atoms with van der Waals surface area (Å²) in [5.41, 5.74) is 0. The molecule has 0 bridgehead atoms. The van der Waals surface area contributed by atoms with E-state index in [1.807, 2.05) is 0 Å². The van der Waals surface area contributed by atoms with Crippen molar-refractivity contribution < 1.29 is 44.7 Å². The minimum Gasteiger partial charge on any atom is -0.286 e. The Morgan fingerprint density at radius 2 is 1.00 bits per heavy atom. The number of hydrogen-bond donors (Lipinski definition) is 0. The maximum Gasteiger partial charge on any atom is 0.369 e. The Morgan fingerprint density at radius 1 is 0.714 bits per heavy atom. The quantitative estimate of drug-likeness (QED) is 0.267. The SMILES string of the molecule is O=C(c1ccc(Br)s1)C(F)(F)C(F)F.O=C(c1ccc(Br)s1)C(F)(F)C(F)F. The van der Waals surface area contributed by atoms with E-state index in [0.29, 0.717) is 30.2 Å². The van der Waals surface area contributed by atoms with Gasteiger partial charge in [0, 0.05) is 0 Å². The lowest BCUT2D eigenvalue weighted by molar-refractivity contribution is -0.0956. The maximum atomic E-state index is 12.5. The molecular formula is C14H6Br2F8O2S2. The van der Waals surface area contributed by atoms with Gasteiger partial charge in [0.15, 0.2) is 0 Å². The first kappa shape index (κ1) is 25.2. The number of ketones is 2. The predicted molar refractivity (Wildman–Crippen MR) is 94.6 cm³/mol. The number of carbonyl (C=O) groups excluding carboxylic acids is 2. The van der Waals surface area contributed by atoms with Gasteiger partial charge in [-0.05, 0) is 56.1 Å². The topological polar surface area (TPSA) is 34.1 Å². The van der Waals surface area contributed by atoms with Crippen LogP contribution in [-0.2, 0) is 0 Å². The Hall–Kier alpha value is -0.860. The van der Waals surface area contributed by atoms with E-state index >= 15 is 0 Å². The lowest BCUT2D eigenvalue weighted by Crippen LogP contribution is -2.36. The van der Waals surface area contributed by atoms with Gasteiger partial charge in [0.25, 0.3) is 0 Å². The molecule has 2 aromatic rings. The van der Waals surface area contributed by atoms with Crippen LogP contribution in [0.25, 0.3) is 0 Å². The lowest BCUT2D eigenvalue weighted by Gasteiger charge is -2.11. The van der Waals surface area contributed by atoms with E-state index in [9.17, 15) is 44.7 Å². The highest BCUT2D eigenvalue weighted by Gasteiger charge is 2.50. The third-order valence-electron chi connectivity index (χ3n) is 2.75. The average Bonchev–Trinajstić information content (AvgIpc) is 3.22. The number of halogens is 10. The van der Waals surface area contributed by atoms with E-state index in [1.165, 1.54) is 12.1 Å². The maximum absolute atomic E-state index is 12.5. The van der Waals surface area contributed by atoms with E-state index < -0.39 is 36.3 Å². The molecule has 2 heterocycles. The van der Waals surface area contributed by atoms with Crippen molar-refractivity contribution in [2.75, 3.05) is 0 Å². The molecule has 0 saturated carbocycles. The molecule has 0 aromatic carbocycles. The number of hydrogen-bond acceptors (Lipinski definition) is 4. The summed E-state index contributed by atoms with van der Waals surface area (Å²) < 4.78 is 98.1. The van der Waals surface area contributed by atoms with Gasteiger partial charge >= 0.3 is 24.7 Å². The largest absolute Gasteiger partial charge is 0.369 e. The Morgan fingerprint density at radius 3 is 1.18 bits per heavy atom. The number of thiophene rings is 2. The zero-order valence-corrected chi connectivity index (χ0v) is 17.7. The number of alkyl halides is 8. The van der Waals surface area contributed by atoms with Crippen LogP contribution >= 0.6 is 54.5 Å². The molecule has 0 saturated heterocycles. The molecule has 2 nitrogen and oxygen atoms in total. The fraction of sp³-hybridized carbons (Fsp3) is 0.286. The van der Waals surface area contributed by atoms with Gasteiger partial charge in [0.05, 0.1) is 17.3 Å². The second-order valence-corrected chi connectivity index (χ2v) is 9.64. The van der Waals surface area contributed by atoms with Gasteiger partial charge in [-0.15, -0.1) is 22.7 Å². The minimum absolute atomic E-state index is 0.387. The number of Topliss-reactive ketones (excluding diaryl/α,β-unsaturated/α-hetero) is 2. The first-order chi connectivity index (χ1) is 12.7. The van der Waals surface area contributed by atoms with Crippen LogP contribution in [0.1, 0.15) is 19.3 Å². The van der Waals surface area contributed by atoms with Gasteiger partial charge in [-0.25, -0.2) is 17.6 Å². The number of rotatable bonds is 6. The van der Waals surface area contributed by atoms with E-state index in [-0.39, 0.29) is 9.75 Å². The first-order valence-corrected chi connectivity index (χ1v) is 9.85. The summed E-state index contributed by atoms with van der Waals surface area (Å²) in [6.45, 7) is 0. The van der Waals surface area contributed by atoms with Crippen molar-refractivity contribution in [3.63, 3.8) is 0 Å². The van der Waals surface area contributed by atoms with Crippen LogP contribution in [0.3, 0.4) is 0 Å². The van der Waals surface area contributed by atoms with Crippen LogP contribution < -0.4 is 0 Å². The van der Waals surface area contributed by atoms with Crippen molar-refractivity contribution >= 4 is 66.1 Å². The molecule has 2 rings (SSSR count). The summed E-state index contributed by atoms with van der Waals surface area (Å²) in [7, 11) is 0. The van der Waals surface area contributed by atoms with Gasteiger partial charge < -0.3 is 0 Å². The van der Waals surface area contributed by atoms with Gasteiger partial charge in [-0.1, -0.05) is 0 Å². The molecule has 28 heavy (non-hydrogen) atoms. The molecule has 156 valence electrons. The Bertz CT molecular complexity index is 767. The van der Waals surface area contributed by atoms with Gasteiger partial charge in [-0.2, -0.15) is 17.6 Å². The summed E-state index contributed by atoms with van der Waals surface area (Å²) in [4.78, 5) is 21.0. The molecule has 0 N–H and O–H groups in total. The Labute approximate surface area is 176 Å². The minimum atomic E-state index is -4.61. The Kier molecular flexibility index (Phi) is 8.78. The molecule has 0 aliphatic rings. The van der Waals surface area contributed by atoms with Gasteiger partial charge in [0.1, 0.15) is 0 Å². The van der Waals surface area contributed by atoms with Crippen LogP contribution in [0.5, 0.6) is 0 Å². The first-order valence-electron chi connectivity index (χ1n) is 6.63. The van der Waals surface area contributed by atoms with Crippen molar-refractivity contribution in [2.24, 2.45) is 0 Å². The summed E-state index contributed by atoms with van der Waals surface area (Å²) >= 11 is 7.26.